The number of likely N-dealkylation sites (tertiary alicyclic amines) is 1. The van der Waals surface area contributed by atoms with Crippen LogP contribution in [0.3, 0.4) is 0 Å². The highest BCUT2D eigenvalue weighted by Crippen LogP contribution is 2.36. The summed E-state index contributed by atoms with van der Waals surface area (Å²) in [6.07, 6.45) is -3.18. The molecule has 0 amide bonds. The fraction of sp³-hybridized carbons (Fsp3) is 0.500. The van der Waals surface area contributed by atoms with Crippen LogP contribution in [0.2, 0.25) is 0 Å². The fourth-order valence-electron chi connectivity index (χ4n) is 3.74. The van der Waals surface area contributed by atoms with Crippen molar-refractivity contribution in [1.82, 2.24) is 9.88 Å². The number of carboxylic acid groups (broad SMARTS) is 2. The molecule has 0 unspecified atom stereocenters. The van der Waals surface area contributed by atoms with Crippen LogP contribution in [0.4, 0.5) is 26.3 Å². The van der Waals surface area contributed by atoms with E-state index in [4.69, 9.17) is 29.3 Å². The van der Waals surface area contributed by atoms with Gasteiger partial charge in [-0.15, -0.1) is 0 Å². The first-order valence-corrected chi connectivity index (χ1v) is 11.7. The SMILES string of the molecule is O=C(O)C(F)(F)F.O=C(O)C(F)(F)F.c1cncc(O[C@H]2CO[C@@]3(CCCN(Cc4ccsc4)C3)C2)c1. The van der Waals surface area contributed by atoms with Gasteiger partial charge in [-0.2, -0.15) is 37.7 Å². The van der Waals surface area contributed by atoms with Crippen LogP contribution < -0.4 is 4.74 Å². The van der Waals surface area contributed by atoms with E-state index >= 15 is 0 Å². The van der Waals surface area contributed by atoms with Gasteiger partial charge < -0.3 is 19.7 Å². The molecule has 37 heavy (non-hydrogen) atoms. The minimum Gasteiger partial charge on any atom is -0.486 e. The molecule has 2 fully saturated rings. The zero-order valence-electron chi connectivity index (χ0n) is 19.2. The van der Waals surface area contributed by atoms with Gasteiger partial charge in [-0.3, -0.25) is 9.88 Å². The van der Waals surface area contributed by atoms with Gasteiger partial charge in [0.25, 0.3) is 0 Å². The second-order valence-electron chi connectivity index (χ2n) is 8.18. The summed E-state index contributed by atoms with van der Waals surface area (Å²) in [7, 11) is 0. The van der Waals surface area contributed by atoms with Crippen LogP contribution in [0.5, 0.6) is 5.75 Å². The molecule has 2 atom stereocenters. The van der Waals surface area contributed by atoms with Crippen LogP contribution in [-0.4, -0.2) is 75.8 Å². The monoisotopic (exact) mass is 558 g/mol. The quantitative estimate of drug-likeness (QED) is 0.524. The zero-order valence-corrected chi connectivity index (χ0v) is 20.0. The Morgan fingerprint density at radius 2 is 1.81 bits per heavy atom. The minimum atomic E-state index is -5.08. The third-order valence-corrected chi connectivity index (χ3v) is 5.93. The zero-order chi connectivity index (χ0) is 27.7. The number of carbonyl (C=O) groups is 2. The van der Waals surface area contributed by atoms with Crippen molar-refractivity contribution in [3.8, 4) is 5.75 Å². The van der Waals surface area contributed by atoms with Crippen molar-refractivity contribution >= 4 is 23.3 Å². The molecule has 15 heteroatoms. The normalized spacial score (nSPS) is 21.8. The van der Waals surface area contributed by atoms with E-state index in [0.717, 1.165) is 38.2 Å². The number of halogens is 6. The summed E-state index contributed by atoms with van der Waals surface area (Å²) in [6.45, 7) is 3.88. The summed E-state index contributed by atoms with van der Waals surface area (Å²) in [6, 6.07) is 6.08. The Labute approximate surface area is 211 Å². The number of ether oxygens (including phenoxy) is 2. The number of hydrogen-bond donors (Lipinski definition) is 2. The molecule has 2 aromatic heterocycles. The summed E-state index contributed by atoms with van der Waals surface area (Å²) < 4.78 is 75.7. The molecular weight excluding hydrogens is 534 g/mol. The van der Waals surface area contributed by atoms with E-state index in [1.807, 2.05) is 12.1 Å². The topological polar surface area (TPSA) is 109 Å². The molecule has 0 radical (unpaired) electrons. The van der Waals surface area contributed by atoms with Crippen LogP contribution >= 0.6 is 11.3 Å². The first kappa shape index (κ1) is 30.3. The lowest BCUT2D eigenvalue weighted by Crippen LogP contribution is -2.47. The maximum absolute atomic E-state index is 10.6. The number of aromatic nitrogens is 1. The summed E-state index contributed by atoms with van der Waals surface area (Å²) >= 11 is 1.77. The summed E-state index contributed by atoms with van der Waals surface area (Å²) in [5.74, 6) is -4.68. The Bertz CT molecular complexity index is 966. The van der Waals surface area contributed by atoms with E-state index in [-0.39, 0.29) is 11.7 Å². The van der Waals surface area contributed by atoms with E-state index in [0.29, 0.717) is 6.61 Å². The van der Waals surface area contributed by atoms with E-state index in [2.05, 4.69) is 26.7 Å². The number of thiophene rings is 1. The lowest BCUT2D eigenvalue weighted by atomic mass is 9.89. The van der Waals surface area contributed by atoms with Gasteiger partial charge in [0.1, 0.15) is 11.9 Å². The molecule has 4 heterocycles. The number of alkyl halides is 6. The third-order valence-electron chi connectivity index (χ3n) is 5.20. The molecule has 2 N–H and O–H groups in total. The lowest BCUT2D eigenvalue weighted by molar-refractivity contribution is -0.193. The average Bonchev–Trinajstić information content (AvgIpc) is 3.44. The van der Waals surface area contributed by atoms with Crippen LogP contribution in [0.25, 0.3) is 0 Å². The van der Waals surface area contributed by atoms with Crippen LogP contribution in [0, 0.1) is 0 Å². The van der Waals surface area contributed by atoms with Gasteiger partial charge in [-0.1, -0.05) is 0 Å². The first-order valence-electron chi connectivity index (χ1n) is 10.7. The molecule has 4 rings (SSSR count). The molecule has 0 bridgehead atoms. The van der Waals surface area contributed by atoms with Crippen LogP contribution in [0.15, 0.2) is 41.4 Å². The number of rotatable bonds is 4. The number of hydrogen-bond acceptors (Lipinski definition) is 7. The van der Waals surface area contributed by atoms with Gasteiger partial charge in [0.15, 0.2) is 0 Å². The Kier molecular flexibility index (Phi) is 10.7. The second kappa shape index (κ2) is 13.1. The fourth-order valence-corrected chi connectivity index (χ4v) is 4.40. The lowest BCUT2D eigenvalue weighted by Gasteiger charge is -2.39. The average molecular weight is 558 g/mol. The van der Waals surface area contributed by atoms with Gasteiger partial charge in [-0.05, 0) is 53.9 Å². The largest absolute Gasteiger partial charge is 0.490 e. The minimum absolute atomic E-state index is 0.0266. The van der Waals surface area contributed by atoms with Crippen molar-refractivity contribution in [2.24, 2.45) is 0 Å². The van der Waals surface area contributed by atoms with E-state index in [1.54, 1.807) is 23.7 Å². The molecule has 2 aromatic rings. The molecule has 1 spiro atoms. The van der Waals surface area contributed by atoms with E-state index in [1.165, 1.54) is 12.0 Å². The molecular formula is C22H24F6N2O6S. The number of nitrogens with zero attached hydrogens (tertiary/aromatic N) is 2. The van der Waals surface area contributed by atoms with Gasteiger partial charge in [0, 0.05) is 25.7 Å². The molecule has 206 valence electrons. The van der Waals surface area contributed by atoms with Gasteiger partial charge in [0.05, 0.1) is 18.4 Å². The van der Waals surface area contributed by atoms with Crippen molar-refractivity contribution in [2.45, 2.75) is 49.9 Å². The standard InChI is InChI=1S/C18H22N2O2S.2C2HF3O2/c1-3-16(10-19-6-1)22-17-9-18(21-12-17)5-2-7-20(14-18)11-15-4-8-23-13-15;2*3-2(4,5)1(6)7/h1,3-4,6,8,10,13,17H,2,5,7,9,11-12,14H2;2*(H,6,7)/t17-,18+;;/m1../s1. The van der Waals surface area contributed by atoms with Crippen molar-refractivity contribution in [2.75, 3.05) is 19.7 Å². The number of pyridine rings is 1. The maximum Gasteiger partial charge on any atom is 0.490 e. The molecule has 0 aromatic carbocycles. The first-order chi connectivity index (χ1) is 17.2. The van der Waals surface area contributed by atoms with Crippen LogP contribution in [-0.2, 0) is 20.9 Å². The highest BCUT2D eigenvalue weighted by molar-refractivity contribution is 7.07. The van der Waals surface area contributed by atoms with Gasteiger partial charge >= 0.3 is 24.3 Å². The summed E-state index contributed by atoms with van der Waals surface area (Å²) in [5.41, 5.74) is 1.38. The van der Waals surface area contributed by atoms with E-state index < -0.39 is 24.3 Å². The van der Waals surface area contributed by atoms with Crippen molar-refractivity contribution in [1.29, 1.82) is 0 Å². The van der Waals surface area contributed by atoms with Crippen molar-refractivity contribution in [3.05, 3.63) is 46.9 Å². The molecule has 0 saturated carbocycles. The Hall–Kier alpha value is -2.91. The summed E-state index contributed by atoms with van der Waals surface area (Å²) in [4.78, 5) is 24.4. The molecule has 2 aliphatic heterocycles. The molecule has 8 nitrogen and oxygen atoms in total. The highest BCUT2D eigenvalue weighted by Gasteiger charge is 2.44. The Balaban J connectivity index is 0.000000286. The van der Waals surface area contributed by atoms with Crippen LogP contribution in [0.1, 0.15) is 24.8 Å². The highest BCUT2D eigenvalue weighted by atomic mass is 32.1. The third kappa shape index (κ3) is 10.5. The molecule has 0 aliphatic carbocycles. The van der Waals surface area contributed by atoms with Gasteiger partial charge in [-0.25, -0.2) is 9.59 Å². The van der Waals surface area contributed by atoms with Crippen molar-refractivity contribution in [3.63, 3.8) is 0 Å². The Morgan fingerprint density at radius 1 is 1.16 bits per heavy atom. The predicted octanol–water partition coefficient (Wildman–Crippen LogP) is 4.61. The van der Waals surface area contributed by atoms with E-state index in [9.17, 15) is 26.3 Å². The Morgan fingerprint density at radius 3 is 2.32 bits per heavy atom. The maximum atomic E-state index is 10.6. The van der Waals surface area contributed by atoms with Crippen molar-refractivity contribution < 1.29 is 55.6 Å². The summed E-state index contributed by atoms with van der Waals surface area (Å²) in [5, 5.41) is 18.6. The second-order valence-corrected chi connectivity index (χ2v) is 8.96. The molecule has 2 saturated heterocycles. The predicted molar refractivity (Wildman–Crippen MR) is 118 cm³/mol. The number of carboxylic acids is 2. The number of aliphatic carboxylic acids is 2. The number of piperidine rings is 1. The molecule has 2 aliphatic rings. The van der Waals surface area contributed by atoms with Gasteiger partial charge in [0.2, 0.25) is 0 Å². The smallest absolute Gasteiger partial charge is 0.486 e.